The van der Waals surface area contributed by atoms with Gasteiger partial charge in [-0.2, -0.15) is 0 Å². The predicted octanol–water partition coefficient (Wildman–Crippen LogP) is 8.06. The lowest BCUT2D eigenvalue weighted by atomic mass is 9.95. The molecule has 170 valence electrons. The van der Waals surface area contributed by atoms with Gasteiger partial charge in [-0.25, -0.2) is 0 Å². The fourth-order valence-corrected chi connectivity index (χ4v) is 3.69. The number of benzene rings is 1. The Morgan fingerprint density at radius 2 is 1.00 bits per heavy atom. The third-order valence-corrected chi connectivity index (χ3v) is 5.72. The number of unbranched alkanes of at least 4 members (excludes halogenated alkanes) is 12. The van der Waals surface area contributed by atoms with Gasteiger partial charge in [-0.15, -0.1) is 0 Å². The summed E-state index contributed by atoms with van der Waals surface area (Å²) in [5.41, 5.74) is 0.965. The van der Waals surface area contributed by atoms with Gasteiger partial charge in [0.15, 0.2) is 0 Å². The Kier molecular flexibility index (Phi) is 22.7. The Hall–Kier alpha value is -0.860. The molecule has 0 spiro atoms. The molecule has 1 unspecified atom stereocenters. The molecule has 0 saturated heterocycles. The van der Waals surface area contributed by atoms with Gasteiger partial charge in [0.05, 0.1) is 6.61 Å². The smallest absolute Gasteiger partial charge is 0.0681 e. The van der Waals surface area contributed by atoms with Gasteiger partial charge < -0.3 is 10.2 Å². The molecule has 0 aliphatic heterocycles. The number of hydrogen-bond donors (Lipinski definition) is 2. The van der Waals surface area contributed by atoms with Gasteiger partial charge in [-0.3, -0.25) is 0 Å². The minimum absolute atomic E-state index is 0.140. The Balaban J connectivity index is 0.000000807. The Morgan fingerprint density at radius 1 is 0.586 bits per heavy atom. The van der Waals surface area contributed by atoms with Crippen LogP contribution in [-0.2, 0) is 6.61 Å². The first-order valence-electron chi connectivity index (χ1n) is 12.5. The van der Waals surface area contributed by atoms with Crippen molar-refractivity contribution in [1.82, 2.24) is 0 Å². The summed E-state index contributed by atoms with van der Waals surface area (Å²) in [5.74, 6) is 0.580. The summed E-state index contributed by atoms with van der Waals surface area (Å²) in [4.78, 5) is 0. The molecular formula is C27H50O2. The first kappa shape index (κ1) is 28.1. The quantitative estimate of drug-likeness (QED) is 0.242. The molecular weight excluding hydrogens is 356 g/mol. The van der Waals surface area contributed by atoms with E-state index in [-0.39, 0.29) is 6.61 Å². The van der Waals surface area contributed by atoms with Crippen LogP contribution >= 0.6 is 0 Å². The molecule has 0 aliphatic carbocycles. The lowest BCUT2D eigenvalue weighted by Gasteiger charge is -2.13. The molecule has 2 N–H and O–H groups in total. The van der Waals surface area contributed by atoms with E-state index in [9.17, 15) is 5.11 Å². The minimum Gasteiger partial charge on any atom is -0.396 e. The second kappa shape index (κ2) is 23.4. The van der Waals surface area contributed by atoms with Crippen LogP contribution in [0.2, 0.25) is 0 Å². The first-order valence-corrected chi connectivity index (χ1v) is 12.5. The summed E-state index contributed by atoms with van der Waals surface area (Å²) in [5, 5.41) is 18.0. The molecule has 2 nitrogen and oxygen atoms in total. The highest BCUT2D eigenvalue weighted by atomic mass is 16.3. The van der Waals surface area contributed by atoms with Crippen molar-refractivity contribution in [2.75, 3.05) is 6.61 Å². The molecule has 0 saturated carbocycles. The van der Waals surface area contributed by atoms with Crippen LogP contribution in [0.3, 0.4) is 0 Å². The second-order valence-corrected chi connectivity index (χ2v) is 8.51. The van der Waals surface area contributed by atoms with Gasteiger partial charge in [0.2, 0.25) is 0 Å². The van der Waals surface area contributed by atoms with Crippen molar-refractivity contribution in [1.29, 1.82) is 0 Å². The highest BCUT2D eigenvalue weighted by molar-refractivity contribution is 5.12. The van der Waals surface area contributed by atoms with E-state index in [0.29, 0.717) is 12.5 Å². The third kappa shape index (κ3) is 20.2. The van der Waals surface area contributed by atoms with Crippen LogP contribution < -0.4 is 0 Å². The summed E-state index contributed by atoms with van der Waals surface area (Å²) in [6.45, 7) is 5.09. The molecule has 0 amide bonds. The van der Waals surface area contributed by atoms with Crippen molar-refractivity contribution < 1.29 is 10.2 Å². The molecule has 0 heterocycles. The molecule has 2 heteroatoms. The first-order chi connectivity index (χ1) is 14.3. The summed E-state index contributed by atoms with van der Waals surface area (Å²) in [7, 11) is 0. The Morgan fingerprint density at radius 3 is 1.34 bits per heavy atom. The second-order valence-electron chi connectivity index (χ2n) is 8.51. The highest BCUT2D eigenvalue weighted by Gasteiger charge is 2.06. The summed E-state index contributed by atoms with van der Waals surface area (Å²) in [6.07, 6.45) is 21.8. The van der Waals surface area contributed by atoms with E-state index < -0.39 is 0 Å². The zero-order chi connectivity index (χ0) is 21.4. The number of aliphatic hydroxyl groups excluding tert-OH is 2. The van der Waals surface area contributed by atoms with Crippen LogP contribution in [0.25, 0.3) is 0 Å². The Labute approximate surface area is 182 Å². The van der Waals surface area contributed by atoms with E-state index in [1.165, 1.54) is 103 Å². The van der Waals surface area contributed by atoms with Gasteiger partial charge in [-0.1, -0.05) is 134 Å². The maximum Gasteiger partial charge on any atom is 0.0681 e. The average molecular weight is 407 g/mol. The predicted molar refractivity (Wildman–Crippen MR) is 128 cm³/mol. The number of aliphatic hydroxyl groups is 2. The standard InChI is InChI=1S/C20H42O.C7H8O/c1-3-5-7-9-11-12-14-16-18-20(19-21)17-15-13-10-8-6-4-2;8-6-7-4-2-1-3-5-7/h20-21H,3-19H2,1-2H3;1-5,8H,6H2. The maximum absolute atomic E-state index is 9.47. The van der Waals surface area contributed by atoms with Gasteiger partial charge >= 0.3 is 0 Å². The van der Waals surface area contributed by atoms with Crippen molar-refractivity contribution in [2.45, 2.75) is 123 Å². The zero-order valence-corrected chi connectivity index (χ0v) is 19.6. The van der Waals surface area contributed by atoms with Crippen LogP contribution in [0.15, 0.2) is 30.3 Å². The monoisotopic (exact) mass is 406 g/mol. The van der Waals surface area contributed by atoms with E-state index in [2.05, 4.69) is 13.8 Å². The van der Waals surface area contributed by atoms with Crippen LogP contribution in [0.4, 0.5) is 0 Å². The van der Waals surface area contributed by atoms with Crippen LogP contribution in [-0.4, -0.2) is 16.8 Å². The molecule has 0 aromatic heterocycles. The fourth-order valence-electron chi connectivity index (χ4n) is 3.69. The number of rotatable bonds is 18. The Bertz CT molecular complexity index is 404. The number of hydrogen-bond acceptors (Lipinski definition) is 2. The van der Waals surface area contributed by atoms with Crippen molar-refractivity contribution in [2.24, 2.45) is 5.92 Å². The molecule has 0 radical (unpaired) electrons. The van der Waals surface area contributed by atoms with E-state index >= 15 is 0 Å². The summed E-state index contributed by atoms with van der Waals surface area (Å²) >= 11 is 0. The molecule has 1 aromatic carbocycles. The van der Waals surface area contributed by atoms with E-state index in [4.69, 9.17) is 5.11 Å². The van der Waals surface area contributed by atoms with Gasteiger partial charge in [0, 0.05) is 6.61 Å². The molecule has 0 bridgehead atoms. The largest absolute Gasteiger partial charge is 0.396 e. The fraction of sp³-hybridized carbons (Fsp3) is 0.778. The van der Waals surface area contributed by atoms with Crippen molar-refractivity contribution in [3.8, 4) is 0 Å². The molecule has 29 heavy (non-hydrogen) atoms. The van der Waals surface area contributed by atoms with Crippen LogP contribution in [0.1, 0.15) is 122 Å². The lowest BCUT2D eigenvalue weighted by molar-refractivity contribution is 0.204. The van der Waals surface area contributed by atoms with Crippen LogP contribution in [0, 0.1) is 5.92 Å². The minimum atomic E-state index is 0.140. The van der Waals surface area contributed by atoms with Gasteiger partial charge in [0.25, 0.3) is 0 Å². The topological polar surface area (TPSA) is 40.5 Å². The molecule has 1 atom stereocenters. The van der Waals surface area contributed by atoms with Crippen LogP contribution in [0.5, 0.6) is 0 Å². The normalized spacial score (nSPS) is 11.7. The average Bonchev–Trinajstić information content (AvgIpc) is 2.77. The zero-order valence-electron chi connectivity index (χ0n) is 19.6. The molecule has 0 fully saturated rings. The highest BCUT2D eigenvalue weighted by Crippen LogP contribution is 2.19. The van der Waals surface area contributed by atoms with E-state index in [0.717, 1.165) is 5.56 Å². The lowest BCUT2D eigenvalue weighted by Crippen LogP contribution is -2.06. The third-order valence-electron chi connectivity index (χ3n) is 5.72. The molecule has 1 aromatic rings. The van der Waals surface area contributed by atoms with Crippen molar-refractivity contribution in [3.05, 3.63) is 35.9 Å². The SMILES string of the molecule is CCCCCCCCCCC(CO)CCCCCCCC.OCc1ccccc1. The molecule has 0 aliphatic rings. The van der Waals surface area contributed by atoms with E-state index in [1.807, 2.05) is 30.3 Å². The van der Waals surface area contributed by atoms with Gasteiger partial charge in [0.1, 0.15) is 0 Å². The maximum atomic E-state index is 9.47. The van der Waals surface area contributed by atoms with Crippen molar-refractivity contribution >= 4 is 0 Å². The van der Waals surface area contributed by atoms with Gasteiger partial charge in [-0.05, 0) is 24.3 Å². The van der Waals surface area contributed by atoms with Crippen molar-refractivity contribution in [3.63, 3.8) is 0 Å². The summed E-state index contributed by atoms with van der Waals surface area (Å²) < 4.78 is 0. The van der Waals surface area contributed by atoms with E-state index in [1.54, 1.807) is 0 Å². The molecule has 1 rings (SSSR count). The summed E-state index contributed by atoms with van der Waals surface area (Å²) in [6, 6.07) is 9.52.